The number of aliphatic hydroxyl groups excluding tert-OH is 1. The molecule has 0 aromatic carbocycles. The number of rotatable bonds is 5. The summed E-state index contributed by atoms with van der Waals surface area (Å²) >= 11 is 1.63. The summed E-state index contributed by atoms with van der Waals surface area (Å²) in [6, 6.07) is 3.87. The van der Waals surface area contributed by atoms with Gasteiger partial charge in [0.25, 0.3) is 0 Å². The highest BCUT2D eigenvalue weighted by Gasteiger charge is 2.15. The number of aliphatic hydroxyl groups is 1. The van der Waals surface area contributed by atoms with Gasteiger partial charge in [0.05, 0.1) is 6.61 Å². The van der Waals surface area contributed by atoms with Gasteiger partial charge in [-0.15, -0.1) is 15.3 Å². The molecule has 0 aliphatic carbocycles. The van der Waals surface area contributed by atoms with Crippen LogP contribution in [-0.2, 0) is 0 Å². The number of nitrogens with one attached hydrogen (secondary N) is 1. The molecule has 0 radical (unpaired) electrons. The maximum atomic E-state index is 9.25. The van der Waals surface area contributed by atoms with E-state index in [1.807, 2.05) is 32.2 Å². The van der Waals surface area contributed by atoms with Crippen molar-refractivity contribution in [3.63, 3.8) is 0 Å². The Balaban J connectivity index is 2.18. The van der Waals surface area contributed by atoms with Crippen molar-refractivity contribution >= 4 is 23.2 Å². The van der Waals surface area contributed by atoms with Gasteiger partial charge in [-0.2, -0.15) is 16.3 Å². The van der Waals surface area contributed by atoms with E-state index in [1.165, 1.54) is 0 Å². The second-order valence-electron chi connectivity index (χ2n) is 4.13. The molecule has 0 bridgehead atoms. The van der Waals surface area contributed by atoms with Crippen LogP contribution >= 0.6 is 11.8 Å². The van der Waals surface area contributed by atoms with Gasteiger partial charge in [0.15, 0.2) is 11.5 Å². The van der Waals surface area contributed by atoms with Gasteiger partial charge in [0, 0.05) is 11.3 Å². The van der Waals surface area contributed by atoms with Crippen LogP contribution in [0.25, 0.3) is 5.65 Å². The Kier molecular flexibility index (Phi) is 4.03. The highest BCUT2D eigenvalue weighted by atomic mass is 32.2. The summed E-state index contributed by atoms with van der Waals surface area (Å²) < 4.78 is 1.70. The number of anilines is 1. The first-order valence-corrected chi connectivity index (χ1v) is 7.03. The van der Waals surface area contributed by atoms with Crippen molar-refractivity contribution in [1.29, 1.82) is 0 Å². The van der Waals surface area contributed by atoms with Gasteiger partial charge in [-0.25, -0.2) is 0 Å². The number of nitrogens with zero attached hydrogens (tertiary/aromatic N) is 4. The third kappa shape index (κ3) is 2.56. The van der Waals surface area contributed by atoms with Crippen LogP contribution < -0.4 is 5.32 Å². The summed E-state index contributed by atoms with van der Waals surface area (Å²) in [5.41, 5.74) is 0.731. The predicted octanol–water partition coefficient (Wildman–Crippen LogP) is 0.957. The van der Waals surface area contributed by atoms with Crippen molar-refractivity contribution in [1.82, 2.24) is 19.8 Å². The van der Waals surface area contributed by atoms with Gasteiger partial charge in [-0.3, -0.25) is 0 Å². The molecule has 98 valence electrons. The largest absolute Gasteiger partial charge is 0.395 e. The van der Waals surface area contributed by atoms with Gasteiger partial charge in [0.2, 0.25) is 0 Å². The van der Waals surface area contributed by atoms with Crippen molar-refractivity contribution in [2.75, 3.05) is 18.2 Å². The molecule has 2 atom stereocenters. The number of hydrogen-bond acceptors (Lipinski definition) is 6. The average molecular weight is 267 g/mol. The summed E-state index contributed by atoms with van der Waals surface area (Å²) in [4.78, 5) is 0. The third-order valence-electron chi connectivity index (χ3n) is 2.83. The lowest BCUT2D eigenvalue weighted by Gasteiger charge is -2.21. The first-order valence-electron chi connectivity index (χ1n) is 5.75. The zero-order valence-electron chi connectivity index (χ0n) is 10.7. The highest BCUT2D eigenvalue weighted by molar-refractivity contribution is 7.99. The van der Waals surface area contributed by atoms with Crippen LogP contribution in [0.5, 0.6) is 0 Å². The van der Waals surface area contributed by atoms with Gasteiger partial charge < -0.3 is 10.4 Å². The molecular weight excluding hydrogens is 250 g/mol. The fraction of sp³-hybridized carbons (Fsp3) is 0.545. The summed E-state index contributed by atoms with van der Waals surface area (Å²) in [6.07, 6.45) is 1.99. The number of fused-ring (bicyclic) bond motifs is 1. The van der Waals surface area contributed by atoms with Crippen LogP contribution in [0.2, 0.25) is 0 Å². The molecule has 18 heavy (non-hydrogen) atoms. The molecule has 0 aliphatic heterocycles. The lowest BCUT2D eigenvalue weighted by molar-refractivity contribution is 0.288. The summed E-state index contributed by atoms with van der Waals surface area (Å²) in [5, 5.41) is 25.0. The SMILES string of the molecule is CS[C@H](CO)[C@H](C)Nc1ccc2nnc(C)n2n1. The highest BCUT2D eigenvalue weighted by Crippen LogP contribution is 2.15. The van der Waals surface area contributed by atoms with Gasteiger partial charge >= 0.3 is 0 Å². The smallest absolute Gasteiger partial charge is 0.178 e. The molecule has 2 heterocycles. The minimum Gasteiger partial charge on any atom is -0.395 e. The van der Waals surface area contributed by atoms with Crippen LogP contribution in [0.4, 0.5) is 5.82 Å². The Hall–Kier alpha value is -1.34. The molecule has 2 rings (SSSR count). The van der Waals surface area contributed by atoms with Crippen LogP contribution in [0.3, 0.4) is 0 Å². The van der Waals surface area contributed by atoms with Gasteiger partial charge in [0.1, 0.15) is 5.82 Å². The minimum absolute atomic E-state index is 0.131. The van der Waals surface area contributed by atoms with Crippen LogP contribution in [-0.4, -0.2) is 49.1 Å². The molecule has 2 N–H and O–H groups in total. The Bertz CT molecular complexity index is 525. The van der Waals surface area contributed by atoms with Crippen LogP contribution in [0.1, 0.15) is 12.7 Å². The maximum Gasteiger partial charge on any atom is 0.178 e. The zero-order valence-corrected chi connectivity index (χ0v) is 11.5. The van der Waals surface area contributed by atoms with E-state index in [9.17, 15) is 5.11 Å². The summed E-state index contributed by atoms with van der Waals surface area (Å²) in [6.45, 7) is 4.03. The fourth-order valence-corrected chi connectivity index (χ4v) is 2.36. The molecule has 0 aliphatic rings. The molecule has 0 amide bonds. The molecular formula is C11H17N5OS. The molecule has 2 aromatic heterocycles. The standard InChI is InChI=1S/C11H17N5OS/c1-7(9(6-17)18-3)12-10-4-5-11-14-13-8(2)16(11)15-10/h4-5,7,9,17H,6H2,1-3H3,(H,12,15)/t7-,9+/m0/s1. The molecule has 0 saturated carbocycles. The van der Waals surface area contributed by atoms with E-state index in [0.717, 1.165) is 17.3 Å². The Morgan fingerprint density at radius 3 is 2.89 bits per heavy atom. The quantitative estimate of drug-likeness (QED) is 0.840. The van der Waals surface area contributed by atoms with Crippen molar-refractivity contribution in [2.24, 2.45) is 0 Å². The van der Waals surface area contributed by atoms with Gasteiger partial charge in [-0.1, -0.05) is 0 Å². The molecule has 2 aromatic rings. The van der Waals surface area contributed by atoms with E-state index in [-0.39, 0.29) is 17.9 Å². The topological polar surface area (TPSA) is 75.3 Å². The van der Waals surface area contributed by atoms with Crippen molar-refractivity contribution in [2.45, 2.75) is 25.1 Å². The normalized spacial score (nSPS) is 14.7. The molecule has 7 heteroatoms. The van der Waals surface area contributed by atoms with Crippen molar-refractivity contribution in [3.05, 3.63) is 18.0 Å². The Morgan fingerprint density at radius 1 is 1.44 bits per heavy atom. The number of hydrogen-bond donors (Lipinski definition) is 2. The summed E-state index contributed by atoms with van der Waals surface area (Å²) in [7, 11) is 0. The maximum absolute atomic E-state index is 9.25. The summed E-state index contributed by atoms with van der Waals surface area (Å²) in [5.74, 6) is 1.51. The minimum atomic E-state index is 0.131. The monoisotopic (exact) mass is 267 g/mol. The predicted molar refractivity (Wildman–Crippen MR) is 73.0 cm³/mol. The lowest BCUT2D eigenvalue weighted by atomic mass is 10.2. The van der Waals surface area contributed by atoms with E-state index in [0.29, 0.717) is 0 Å². The Labute approximate surface area is 110 Å². The fourth-order valence-electron chi connectivity index (χ4n) is 1.74. The van der Waals surface area contributed by atoms with Gasteiger partial charge in [-0.05, 0) is 32.2 Å². The third-order valence-corrected chi connectivity index (χ3v) is 4.00. The molecule has 0 unspecified atom stereocenters. The second-order valence-corrected chi connectivity index (χ2v) is 5.20. The number of thioether (sulfide) groups is 1. The first kappa shape index (κ1) is 13.1. The van der Waals surface area contributed by atoms with E-state index >= 15 is 0 Å². The number of aromatic nitrogens is 4. The Morgan fingerprint density at radius 2 is 2.22 bits per heavy atom. The molecule has 0 spiro atoms. The van der Waals surface area contributed by atoms with Crippen LogP contribution in [0.15, 0.2) is 12.1 Å². The average Bonchev–Trinajstić information content (AvgIpc) is 2.73. The van der Waals surface area contributed by atoms with E-state index in [2.05, 4.69) is 20.6 Å². The molecule has 0 fully saturated rings. The second kappa shape index (κ2) is 5.53. The first-order chi connectivity index (χ1) is 8.65. The lowest BCUT2D eigenvalue weighted by Crippen LogP contribution is -2.31. The molecule has 0 saturated heterocycles. The number of aryl methyl sites for hydroxylation is 1. The van der Waals surface area contributed by atoms with E-state index in [1.54, 1.807) is 16.3 Å². The zero-order chi connectivity index (χ0) is 13.1. The van der Waals surface area contributed by atoms with E-state index in [4.69, 9.17) is 0 Å². The van der Waals surface area contributed by atoms with E-state index < -0.39 is 0 Å². The van der Waals surface area contributed by atoms with Crippen molar-refractivity contribution < 1.29 is 5.11 Å². The van der Waals surface area contributed by atoms with Crippen molar-refractivity contribution in [3.8, 4) is 0 Å². The van der Waals surface area contributed by atoms with Crippen LogP contribution in [0, 0.1) is 6.92 Å². The molecule has 6 nitrogen and oxygen atoms in total.